The van der Waals surface area contributed by atoms with Gasteiger partial charge >= 0.3 is 0 Å². The Kier molecular flexibility index (Phi) is 11.4. The lowest BCUT2D eigenvalue weighted by molar-refractivity contribution is 0.0927. The Morgan fingerprint density at radius 2 is 1.55 bits per heavy atom. The Bertz CT molecular complexity index is 638. The van der Waals surface area contributed by atoms with Crippen LogP contribution in [-0.4, -0.2) is 24.9 Å². The number of hydrogen-bond donors (Lipinski definition) is 2. The van der Waals surface area contributed by atoms with Crippen LogP contribution in [0.25, 0.3) is 0 Å². The molecule has 158 valence electrons. The van der Waals surface area contributed by atoms with Gasteiger partial charge in [0.2, 0.25) is 0 Å². The maximum atomic E-state index is 5.88. The molecule has 2 rings (SSSR count). The van der Waals surface area contributed by atoms with Gasteiger partial charge in [-0.05, 0) is 42.1 Å². The molecule has 0 radical (unpaired) electrons. The normalized spacial score (nSPS) is 12.0. The molecule has 0 amide bonds. The van der Waals surface area contributed by atoms with Gasteiger partial charge in [0.15, 0.2) is 5.11 Å². The highest BCUT2D eigenvalue weighted by Gasteiger charge is 2.14. The number of ether oxygens (including phenoxy) is 1. The highest BCUT2D eigenvalue weighted by atomic mass is 32.1. The van der Waals surface area contributed by atoms with Crippen LogP contribution in [0.2, 0.25) is 0 Å². The van der Waals surface area contributed by atoms with Crippen LogP contribution >= 0.6 is 12.2 Å². The van der Waals surface area contributed by atoms with Crippen molar-refractivity contribution in [3.63, 3.8) is 0 Å². The van der Waals surface area contributed by atoms with E-state index >= 15 is 0 Å². The monoisotopic (exact) mass is 412 g/mol. The van der Waals surface area contributed by atoms with Crippen molar-refractivity contribution in [3.8, 4) is 0 Å². The molecule has 2 N–H and O–H groups in total. The van der Waals surface area contributed by atoms with E-state index in [4.69, 9.17) is 17.0 Å². The molecule has 0 aliphatic carbocycles. The van der Waals surface area contributed by atoms with Crippen LogP contribution in [0.1, 0.15) is 63.1 Å². The van der Waals surface area contributed by atoms with E-state index in [1.54, 1.807) is 0 Å². The lowest BCUT2D eigenvalue weighted by atomic mass is 9.99. The summed E-state index contributed by atoms with van der Waals surface area (Å²) in [5, 5.41) is 7.48. The molecular formula is C25H36N2OS. The molecule has 2 aromatic rings. The summed E-state index contributed by atoms with van der Waals surface area (Å²) >= 11 is 5.55. The number of benzene rings is 2. The van der Waals surface area contributed by atoms with Crippen molar-refractivity contribution in [1.82, 2.24) is 10.6 Å². The summed E-state index contributed by atoms with van der Waals surface area (Å²) in [6.07, 6.45) is 5.99. The number of thiocarbonyl (C=S) groups is 1. The molecule has 0 spiro atoms. The second-order valence-electron chi connectivity index (χ2n) is 7.50. The third-order valence-electron chi connectivity index (χ3n) is 5.19. The summed E-state index contributed by atoms with van der Waals surface area (Å²) in [5.41, 5.74) is 2.40. The smallest absolute Gasteiger partial charge is 0.167 e. The fraction of sp³-hybridized carbons (Fsp3) is 0.480. The van der Waals surface area contributed by atoms with Crippen molar-refractivity contribution in [3.05, 3.63) is 71.8 Å². The molecule has 4 heteroatoms. The van der Waals surface area contributed by atoms with Crippen molar-refractivity contribution >= 4 is 17.3 Å². The van der Waals surface area contributed by atoms with Gasteiger partial charge in [0.05, 0.1) is 6.04 Å². The van der Waals surface area contributed by atoms with Crippen LogP contribution < -0.4 is 10.6 Å². The first kappa shape index (κ1) is 23.4. The first-order valence-corrected chi connectivity index (χ1v) is 11.4. The van der Waals surface area contributed by atoms with E-state index in [1.165, 1.54) is 36.8 Å². The molecular weight excluding hydrogens is 376 g/mol. The summed E-state index contributed by atoms with van der Waals surface area (Å²) in [6.45, 7) is 6.97. The van der Waals surface area contributed by atoms with Gasteiger partial charge in [-0.1, -0.05) is 93.8 Å². The minimum atomic E-state index is 0.0394. The second-order valence-corrected chi connectivity index (χ2v) is 7.91. The molecule has 29 heavy (non-hydrogen) atoms. The molecule has 2 aromatic carbocycles. The lowest BCUT2D eigenvalue weighted by Gasteiger charge is -2.22. The Morgan fingerprint density at radius 1 is 0.931 bits per heavy atom. The number of unbranched alkanes of at least 4 members (excludes halogenated alkanes) is 1. The average Bonchev–Trinajstić information content (AvgIpc) is 2.77. The van der Waals surface area contributed by atoms with Gasteiger partial charge in [0, 0.05) is 19.8 Å². The van der Waals surface area contributed by atoms with Gasteiger partial charge < -0.3 is 15.4 Å². The first-order chi connectivity index (χ1) is 14.2. The molecule has 1 unspecified atom stereocenters. The Labute approximate surface area is 182 Å². The fourth-order valence-corrected chi connectivity index (χ4v) is 3.58. The SMILES string of the molecule is CCCCC(CC)COCCCNC(=S)NC(c1ccccc1)c1ccccc1. The standard InChI is InChI=1S/C25H36N2OS/c1-3-5-13-21(4-2)20-28-19-12-18-26-25(29)27-24(22-14-8-6-9-15-22)23-16-10-7-11-17-23/h6-11,14-17,21,24H,3-5,12-13,18-20H2,1-2H3,(H2,26,27,29). The van der Waals surface area contributed by atoms with Gasteiger partial charge in [0.1, 0.15) is 0 Å². The van der Waals surface area contributed by atoms with E-state index in [1.807, 2.05) is 12.1 Å². The first-order valence-electron chi connectivity index (χ1n) is 11.0. The number of nitrogens with one attached hydrogen (secondary N) is 2. The molecule has 3 nitrogen and oxygen atoms in total. The predicted octanol–water partition coefficient (Wildman–Crippen LogP) is 5.86. The van der Waals surface area contributed by atoms with E-state index in [0.29, 0.717) is 11.0 Å². The molecule has 0 aliphatic rings. The Morgan fingerprint density at radius 3 is 2.10 bits per heavy atom. The molecule has 0 heterocycles. The molecule has 0 saturated heterocycles. The van der Waals surface area contributed by atoms with Crippen molar-refractivity contribution < 1.29 is 4.74 Å². The zero-order valence-electron chi connectivity index (χ0n) is 17.9. The van der Waals surface area contributed by atoms with Gasteiger partial charge in [-0.2, -0.15) is 0 Å². The van der Waals surface area contributed by atoms with Crippen LogP contribution in [0.5, 0.6) is 0 Å². The van der Waals surface area contributed by atoms with E-state index in [2.05, 4.69) is 73.0 Å². The average molecular weight is 413 g/mol. The Hall–Kier alpha value is -1.91. The van der Waals surface area contributed by atoms with Gasteiger partial charge in [-0.15, -0.1) is 0 Å². The third kappa shape index (κ3) is 8.97. The molecule has 0 saturated carbocycles. The molecule has 0 fully saturated rings. The van der Waals surface area contributed by atoms with Crippen molar-refractivity contribution in [2.45, 2.75) is 52.0 Å². The minimum Gasteiger partial charge on any atom is -0.381 e. The fourth-order valence-electron chi connectivity index (χ4n) is 3.36. The van der Waals surface area contributed by atoms with Crippen LogP contribution in [-0.2, 0) is 4.74 Å². The summed E-state index contributed by atoms with van der Waals surface area (Å²) in [4.78, 5) is 0. The van der Waals surface area contributed by atoms with Gasteiger partial charge in [0.25, 0.3) is 0 Å². The number of rotatable bonds is 13. The maximum Gasteiger partial charge on any atom is 0.167 e. The highest BCUT2D eigenvalue weighted by Crippen LogP contribution is 2.21. The zero-order chi connectivity index (χ0) is 20.7. The largest absolute Gasteiger partial charge is 0.381 e. The lowest BCUT2D eigenvalue weighted by Crippen LogP contribution is -2.38. The molecule has 0 bridgehead atoms. The minimum absolute atomic E-state index is 0.0394. The van der Waals surface area contributed by atoms with Crippen molar-refractivity contribution in [2.75, 3.05) is 19.8 Å². The number of hydrogen-bond acceptors (Lipinski definition) is 2. The molecule has 0 aromatic heterocycles. The summed E-state index contributed by atoms with van der Waals surface area (Å²) in [7, 11) is 0. The maximum absolute atomic E-state index is 5.88. The molecule has 1 atom stereocenters. The van der Waals surface area contributed by atoms with E-state index in [9.17, 15) is 0 Å². The topological polar surface area (TPSA) is 33.3 Å². The van der Waals surface area contributed by atoms with E-state index in [-0.39, 0.29) is 6.04 Å². The van der Waals surface area contributed by atoms with Gasteiger partial charge in [-0.25, -0.2) is 0 Å². The van der Waals surface area contributed by atoms with Crippen molar-refractivity contribution in [1.29, 1.82) is 0 Å². The molecule has 0 aliphatic heterocycles. The third-order valence-corrected chi connectivity index (χ3v) is 5.45. The van der Waals surface area contributed by atoms with Crippen LogP contribution in [0.3, 0.4) is 0 Å². The van der Waals surface area contributed by atoms with Gasteiger partial charge in [-0.3, -0.25) is 0 Å². The highest BCUT2D eigenvalue weighted by molar-refractivity contribution is 7.80. The summed E-state index contributed by atoms with van der Waals surface area (Å²) in [5.74, 6) is 0.697. The Balaban J connectivity index is 1.74. The quantitative estimate of drug-likeness (QED) is 0.319. The summed E-state index contributed by atoms with van der Waals surface area (Å²) < 4.78 is 5.88. The summed E-state index contributed by atoms with van der Waals surface area (Å²) in [6, 6.07) is 20.9. The second kappa shape index (κ2) is 14.1. The van der Waals surface area contributed by atoms with E-state index in [0.717, 1.165) is 26.2 Å². The van der Waals surface area contributed by atoms with Crippen LogP contribution in [0.15, 0.2) is 60.7 Å². The zero-order valence-corrected chi connectivity index (χ0v) is 18.7. The van der Waals surface area contributed by atoms with Crippen molar-refractivity contribution in [2.24, 2.45) is 5.92 Å². The van der Waals surface area contributed by atoms with Crippen LogP contribution in [0.4, 0.5) is 0 Å². The van der Waals surface area contributed by atoms with Crippen LogP contribution in [0, 0.1) is 5.92 Å². The van der Waals surface area contributed by atoms with E-state index < -0.39 is 0 Å². The predicted molar refractivity (Wildman–Crippen MR) is 127 cm³/mol.